The van der Waals surface area contributed by atoms with Gasteiger partial charge in [-0.3, -0.25) is 0 Å². The van der Waals surface area contributed by atoms with Gasteiger partial charge in [-0.1, -0.05) is 63.5 Å². The Hall–Kier alpha value is -1.54. The van der Waals surface area contributed by atoms with Gasteiger partial charge in [-0.25, -0.2) is 0 Å². The van der Waals surface area contributed by atoms with E-state index in [0.29, 0.717) is 0 Å². The van der Waals surface area contributed by atoms with Crippen molar-refractivity contribution in [2.75, 3.05) is 13.2 Å². The molecule has 0 fully saturated rings. The molecule has 4 aromatic carbocycles. The third kappa shape index (κ3) is 14.0. The van der Waals surface area contributed by atoms with E-state index >= 15 is 0 Å². The quantitative estimate of drug-likeness (QED) is 0.102. The largest absolute Gasteiger partial charge is 2.00 e. The van der Waals surface area contributed by atoms with Gasteiger partial charge < -0.3 is 9.47 Å². The summed E-state index contributed by atoms with van der Waals surface area (Å²) in [6, 6.07) is 26.4. The fourth-order valence-corrected chi connectivity index (χ4v) is 5.16. The Kier molecular flexibility index (Phi) is 15.8. The molecule has 4 aromatic rings. The third-order valence-electron chi connectivity index (χ3n) is 7.29. The van der Waals surface area contributed by atoms with Crippen LogP contribution in [0.5, 0.6) is 0 Å². The van der Waals surface area contributed by atoms with Gasteiger partial charge in [0.2, 0.25) is 0 Å². The van der Waals surface area contributed by atoms with Crippen LogP contribution in [0.25, 0.3) is 21.5 Å². The summed E-state index contributed by atoms with van der Waals surface area (Å²) in [5, 5.41) is 5.62. The van der Waals surface area contributed by atoms with Crippen molar-refractivity contribution in [1.82, 2.24) is 0 Å². The van der Waals surface area contributed by atoms with E-state index in [1.54, 1.807) is 0 Å². The second-order valence-electron chi connectivity index (χ2n) is 13.1. The summed E-state index contributed by atoms with van der Waals surface area (Å²) in [5.74, 6) is 0. The molecule has 0 amide bonds. The summed E-state index contributed by atoms with van der Waals surface area (Å²) in [5.41, 5.74) is 3.03. The average Bonchev–Trinajstić information content (AvgIpc) is 3.51. The molecule has 0 bridgehead atoms. The third-order valence-corrected chi connectivity index (χ3v) is 7.29. The Labute approximate surface area is 270 Å². The summed E-state index contributed by atoms with van der Waals surface area (Å²) in [7, 11) is 0. The minimum absolute atomic E-state index is 0. The van der Waals surface area contributed by atoms with Crippen LogP contribution >= 0.6 is 0 Å². The number of unbranched alkanes of at least 4 members (excludes halogenated alkanes) is 6. The van der Waals surface area contributed by atoms with Crippen molar-refractivity contribution in [3.63, 3.8) is 0 Å². The summed E-state index contributed by atoms with van der Waals surface area (Å²) < 4.78 is 11.5. The van der Waals surface area contributed by atoms with Gasteiger partial charge in [-0.15, -0.1) is 82.2 Å². The van der Waals surface area contributed by atoms with Crippen molar-refractivity contribution in [2.24, 2.45) is 0 Å². The van der Waals surface area contributed by atoms with Gasteiger partial charge in [-0.05, 0) is 54.4 Å². The Balaban J connectivity index is 0.000000280. The maximum Gasteiger partial charge on any atom is 2.00 e. The van der Waals surface area contributed by atoms with Crippen LogP contribution in [0.2, 0.25) is 0 Å². The van der Waals surface area contributed by atoms with Gasteiger partial charge in [0.05, 0.1) is 11.2 Å². The molecule has 0 aliphatic heterocycles. The van der Waals surface area contributed by atoms with Crippen molar-refractivity contribution < 1.29 is 35.7 Å². The minimum atomic E-state index is 0. The van der Waals surface area contributed by atoms with E-state index < -0.39 is 0 Å². The van der Waals surface area contributed by atoms with E-state index in [0.717, 1.165) is 13.2 Å². The van der Waals surface area contributed by atoms with Gasteiger partial charge in [0, 0.05) is 13.2 Å². The zero-order valence-electron chi connectivity index (χ0n) is 26.7. The first-order valence-electron chi connectivity index (χ1n) is 15.7. The molecule has 0 aliphatic carbocycles. The number of fused-ring (bicyclic) bond motifs is 2. The van der Waals surface area contributed by atoms with Gasteiger partial charge in [0.25, 0.3) is 0 Å². The van der Waals surface area contributed by atoms with Gasteiger partial charge in [0.15, 0.2) is 0 Å². The minimum Gasteiger partial charge on any atom is -0.376 e. The van der Waals surface area contributed by atoms with E-state index in [4.69, 9.17) is 9.47 Å². The molecular weight excluding hydrogens is 580 g/mol. The van der Waals surface area contributed by atoms with E-state index in [2.05, 4.69) is 114 Å². The number of rotatable bonds is 14. The molecule has 0 aromatic heterocycles. The summed E-state index contributed by atoms with van der Waals surface area (Å²) >= 11 is 0. The molecule has 0 aliphatic rings. The Bertz CT molecular complexity index is 1140. The van der Waals surface area contributed by atoms with Gasteiger partial charge >= 0.3 is 26.2 Å². The first-order chi connectivity index (χ1) is 19.1. The Morgan fingerprint density at radius 1 is 0.512 bits per heavy atom. The molecule has 0 spiro atoms. The molecule has 3 heteroatoms. The topological polar surface area (TPSA) is 18.5 Å². The van der Waals surface area contributed by atoms with Crippen molar-refractivity contribution in [1.29, 1.82) is 0 Å². The van der Waals surface area contributed by atoms with E-state index in [1.807, 2.05) is 0 Å². The Morgan fingerprint density at radius 3 is 1.27 bits per heavy atom. The van der Waals surface area contributed by atoms with Gasteiger partial charge in [-0.2, -0.15) is 11.1 Å². The van der Waals surface area contributed by atoms with Crippen LogP contribution in [0, 0.1) is 0 Å². The molecular formula is C38H54O2Zr. The van der Waals surface area contributed by atoms with Crippen LogP contribution in [-0.4, -0.2) is 24.4 Å². The molecule has 41 heavy (non-hydrogen) atoms. The van der Waals surface area contributed by atoms with E-state index in [1.165, 1.54) is 96.9 Å². The number of hydrogen-bond acceptors (Lipinski definition) is 2. The van der Waals surface area contributed by atoms with E-state index in [9.17, 15) is 0 Å². The molecule has 222 valence electrons. The molecule has 0 radical (unpaired) electrons. The summed E-state index contributed by atoms with van der Waals surface area (Å²) in [6.45, 7) is 14.5. The molecule has 0 saturated carbocycles. The molecule has 0 saturated heterocycles. The van der Waals surface area contributed by atoms with Crippen LogP contribution in [-0.2, 0) is 48.5 Å². The molecule has 0 atom stereocenters. The second-order valence-corrected chi connectivity index (χ2v) is 13.1. The first-order valence-corrected chi connectivity index (χ1v) is 15.7. The number of hydrogen-bond donors (Lipinski definition) is 0. The van der Waals surface area contributed by atoms with Crippen LogP contribution in [0.1, 0.15) is 104 Å². The SMILES string of the molecule is CC(C)(C)OCCCCCCc1c[cH-]c2ccccc12.CC(C)(C)OCCCCCCc1c[cH-]c2ccccc12.[Zr+2]. The predicted octanol–water partition coefficient (Wildman–Crippen LogP) is 11.0. The number of aryl methyl sites for hydroxylation is 2. The molecule has 4 rings (SSSR count). The zero-order valence-corrected chi connectivity index (χ0v) is 29.2. The Morgan fingerprint density at radius 2 is 0.878 bits per heavy atom. The number of ether oxygens (including phenoxy) is 2. The standard InChI is InChI=1S/2C19H27O.Zr/c2*1-19(2,3)20-15-9-5-4-6-10-16-13-14-17-11-7-8-12-18(16)17;/h2*7-8,11-14H,4-6,9-10,15H2,1-3H3;/q2*-1;+2. The maximum atomic E-state index is 5.74. The van der Waals surface area contributed by atoms with Crippen molar-refractivity contribution in [2.45, 2.75) is 117 Å². The molecule has 0 unspecified atom stereocenters. The fourth-order valence-electron chi connectivity index (χ4n) is 5.16. The predicted molar refractivity (Wildman–Crippen MR) is 175 cm³/mol. The monoisotopic (exact) mass is 632 g/mol. The fraction of sp³-hybridized carbons (Fsp3) is 0.526. The van der Waals surface area contributed by atoms with Crippen LogP contribution in [0.15, 0.2) is 72.8 Å². The average molecular weight is 634 g/mol. The molecule has 0 N–H and O–H groups in total. The second kappa shape index (κ2) is 18.2. The number of benzene rings is 2. The molecule has 2 nitrogen and oxygen atoms in total. The first kappa shape index (κ1) is 35.7. The van der Waals surface area contributed by atoms with Crippen molar-refractivity contribution in [3.05, 3.63) is 83.9 Å². The zero-order chi connectivity index (χ0) is 28.8. The molecule has 0 heterocycles. The summed E-state index contributed by atoms with van der Waals surface area (Å²) in [6.07, 6.45) is 12.5. The van der Waals surface area contributed by atoms with Crippen LogP contribution < -0.4 is 0 Å². The van der Waals surface area contributed by atoms with Crippen molar-refractivity contribution >= 4 is 21.5 Å². The smallest absolute Gasteiger partial charge is 0.376 e. The van der Waals surface area contributed by atoms with Crippen molar-refractivity contribution in [3.8, 4) is 0 Å². The van der Waals surface area contributed by atoms with Crippen LogP contribution in [0.4, 0.5) is 0 Å². The van der Waals surface area contributed by atoms with Crippen LogP contribution in [0.3, 0.4) is 0 Å². The van der Waals surface area contributed by atoms with Gasteiger partial charge in [0.1, 0.15) is 0 Å². The normalized spacial score (nSPS) is 11.9. The summed E-state index contributed by atoms with van der Waals surface area (Å²) in [4.78, 5) is 0. The maximum absolute atomic E-state index is 5.74. The van der Waals surface area contributed by atoms with E-state index in [-0.39, 0.29) is 37.4 Å².